The number of carbonyl (C=O) groups excluding carboxylic acids is 2. The lowest BCUT2D eigenvalue weighted by atomic mass is 9.84. The topological polar surface area (TPSA) is 109 Å². The number of rotatable bonds is 9. The van der Waals surface area contributed by atoms with Crippen molar-refractivity contribution < 1.29 is 28.5 Å². The smallest absolute Gasteiger partial charge is 0.232 e. The van der Waals surface area contributed by atoms with Crippen LogP contribution in [0.4, 0.5) is 0 Å². The number of carbonyl (C=O) groups is 2. The third-order valence-corrected chi connectivity index (χ3v) is 5.96. The lowest BCUT2D eigenvalue weighted by Crippen LogP contribution is -2.24. The first-order valence-electron chi connectivity index (χ1n) is 10.7. The first-order chi connectivity index (χ1) is 16.9. The summed E-state index contributed by atoms with van der Waals surface area (Å²) in [6.45, 7) is 0.104. The molecule has 0 aromatic heterocycles. The highest BCUT2D eigenvalue weighted by molar-refractivity contribution is 6.44. The Bertz CT molecular complexity index is 1290. The maximum Gasteiger partial charge on any atom is 0.232 e. The van der Waals surface area contributed by atoms with E-state index >= 15 is 0 Å². The van der Waals surface area contributed by atoms with Crippen LogP contribution in [-0.4, -0.2) is 38.3 Å². The number of hydrogen-bond donors (Lipinski definition) is 1. The zero-order valence-electron chi connectivity index (χ0n) is 19.1. The van der Waals surface area contributed by atoms with Gasteiger partial charge in [-0.05, 0) is 47.5 Å². The van der Waals surface area contributed by atoms with Gasteiger partial charge in [-0.15, -0.1) is 0 Å². The second-order valence-electron chi connectivity index (χ2n) is 7.71. The average molecular weight is 495 g/mol. The van der Waals surface area contributed by atoms with Gasteiger partial charge in [0.2, 0.25) is 18.4 Å². The van der Waals surface area contributed by atoms with Gasteiger partial charge in [0.15, 0.2) is 11.5 Å². The van der Waals surface area contributed by atoms with Crippen molar-refractivity contribution in [3.05, 3.63) is 82.4 Å². The van der Waals surface area contributed by atoms with Gasteiger partial charge < -0.3 is 24.8 Å². The Balaban J connectivity index is 1.70. The Labute approximate surface area is 207 Å². The molecule has 1 heterocycles. The van der Waals surface area contributed by atoms with Crippen molar-refractivity contribution in [3.63, 3.8) is 0 Å². The SMILES string of the molecule is COc1ccc(C(=O)C(=O)CC(/C(=N/N)c2ccc(Cl)cc2)c2ccc3c(c2)OCO3)c(OC)c1. The Kier molecular flexibility index (Phi) is 7.22. The number of Topliss-reactive ketones (excluding diaryl/α,β-unsaturated/α-hetero) is 2. The minimum atomic E-state index is -0.692. The summed E-state index contributed by atoms with van der Waals surface area (Å²) in [5, 5.41) is 4.54. The fourth-order valence-corrected chi connectivity index (χ4v) is 4.03. The number of halogens is 1. The molecule has 0 saturated heterocycles. The summed E-state index contributed by atoms with van der Waals surface area (Å²) in [4.78, 5) is 26.4. The summed E-state index contributed by atoms with van der Waals surface area (Å²) in [7, 11) is 2.92. The normalized spacial score (nSPS) is 13.3. The molecular formula is C26H23ClN2O6. The quantitative estimate of drug-likeness (QED) is 0.154. The molecule has 0 aliphatic carbocycles. The first kappa shape index (κ1) is 24.1. The predicted octanol–water partition coefficient (Wildman–Crippen LogP) is 4.37. The maximum absolute atomic E-state index is 13.3. The van der Waals surface area contributed by atoms with Gasteiger partial charge in [0.05, 0.1) is 25.5 Å². The highest BCUT2D eigenvalue weighted by Crippen LogP contribution is 2.37. The van der Waals surface area contributed by atoms with Crippen LogP contribution in [0.2, 0.25) is 5.02 Å². The first-order valence-corrected chi connectivity index (χ1v) is 11.1. The molecular weight excluding hydrogens is 472 g/mol. The Hall–Kier alpha value is -4.04. The van der Waals surface area contributed by atoms with E-state index in [9.17, 15) is 9.59 Å². The summed E-state index contributed by atoms with van der Waals surface area (Å²) in [6.07, 6.45) is -0.188. The van der Waals surface area contributed by atoms with Gasteiger partial charge in [-0.25, -0.2) is 0 Å². The molecule has 1 aliphatic heterocycles. The van der Waals surface area contributed by atoms with Crippen LogP contribution in [0.15, 0.2) is 65.8 Å². The molecule has 0 spiro atoms. The monoisotopic (exact) mass is 494 g/mol. The summed E-state index contributed by atoms with van der Waals surface area (Å²) >= 11 is 6.04. The van der Waals surface area contributed by atoms with E-state index in [0.717, 1.165) is 0 Å². The molecule has 1 unspecified atom stereocenters. The van der Waals surface area contributed by atoms with Crippen LogP contribution in [0.3, 0.4) is 0 Å². The second kappa shape index (κ2) is 10.5. The minimum absolute atomic E-state index is 0.104. The second-order valence-corrected chi connectivity index (χ2v) is 8.15. The van der Waals surface area contributed by atoms with Crippen molar-refractivity contribution in [1.29, 1.82) is 0 Å². The number of hydrazone groups is 1. The maximum atomic E-state index is 13.3. The van der Waals surface area contributed by atoms with Crippen molar-refractivity contribution in [2.45, 2.75) is 12.3 Å². The number of nitrogens with two attached hydrogens (primary N) is 1. The molecule has 3 aromatic carbocycles. The van der Waals surface area contributed by atoms with Crippen LogP contribution in [0.5, 0.6) is 23.0 Å². The highest BCUT2D eigenvalue weighted by Gasteiger charge is 2.30. The van der Waals surface area contributed by atoms with Crippen LogP contribution in [0, 0.1) is 0 Å². The Morgan fingerprint density at radius 1 is 1.00 bits per heavy atom. The molecule has 2 N–H and O–H groups in total. The highest BCUT2D eigenvalue weighted by atomic mass is 35.5. The van der Waals surface area contributed by atoms with E-state index in [1.807, 2.05) is 0 Å². The molecule has 35 heavy (non-hydrogen) atoms. The van der Waals surface area contributed by atoms with Gasteiger partial charge in [-0.3, -0.25) is 9.59 Å². The summed E-state index contributed by atoms with van der Waals surface area (Å²) in [5.74, 6) is 5.71. The van der Waals surface area contributed by atoms with Crippen LogP contribution in [0.1, 0.15) is 33.8 Å². The number of benzene rings is 3. The van der Waals surface area contributed by atoms with Crippen LogP contribution in [-0.2, 0) is 4.79 Å². The van der Waals surface area contributed by atoms with Crippen molar-refractivity contribution in [2.24, 2.45) is 10.9 Å². The number of fused-ring (bicyclic) bond motifs is 1. The Morgan fingerprint density at radius 2 is 1.74 bits per heavy atom. The van der Waals surface area contributed by atoms with Crippen molar-refractivity contribution in [3.8, 4) is 23.0 Å². The number of ether oxygens (including phenoxy) is 4. The zero-order valence-corrected chi connectivity index (χ0v) is 19.9. The summed E-state index contributed by atoms with van der Waals surface area (Å²) in [6, 6.07) is 16.9. The molecule has 8 nitrogen and oxygen atoms in total. The molecule has 0 saturated carbocycles. The minimum Gasteiger partial charge on any atom is -0.497 e. The van der Waals surface area contributed by atoms with Gasteiger partial charge in [0, 0.05) is 23.4 Å². The van der Waals surface area contributed by atoms with Gasteiger partial charge in [0.25, 0.3) is 0 Å². The summed E-state index contributed by atoms with van der Waals surface area (Å²) < 4.78 is 21.4. The molecule has 0 amide bonds. The van der Waals surface area contributed by atoms with E-state index in [1.165, 1.54) is 20.3 Å². The fourth-order valence-electron chi connectivity index (χ4n) is 3.90. The van der Waals surface area contributed by atoms with Gasteiger partial charge >= 0.3 is 0 Å². The summed E-state index contributed by atoms with van der Waals surface area (Å²) in [5.41, 5.74) is 1.92. The van der Waals surface area contributed by atoms with Gasteiger partial charge in [0.1, 0.15) is 11.5 Å². The molecule has 1 aliphatic rings. The molecule has 0 radical (unpaired) electrons. The number of nitrogens with zero attached hydrogens (tertiary/aromatic N) is 1. The van der Waals surface area contributed by atoms with Crippen molar-refractivity contribution in [2.75, 3.05) is 21.0 Å². The standard InChI is InChI=1S/C26H23ClN2O6/c1-32-18-8-9-19(23(12-18)33-2)26(31)21(30)13-20(16-5-10-22-24(11-16)35-14-34-22)25(29-28)15-3-6-17(27)7-4-15/h3-12,20H,13-14,28H2,1-2H3/b29-25+. The van der Waals surface area contributed by atoms with Gasteiger partial charge in [-0.1, -0.05) is 29.8 Å². The number of ketones is 2. The van der Waals surface area contributed by atoms with Crippen molar-refractivity contribution >= 4 is 28.9 Å². The van der Waals surface area contributed by atoms with Gasteiger partial charge in [-0.2, -0.15) is 5.10 Å². The zero-order chi connectivity index (χ0) is 24.9. The predicted molar refractivity (Wildman–Crippen MR) is 131 cm³/mol. The molecule has 180 valence electrons. The lowest BCUT2D eigenvalue weighted by molar-refractivity contribution is -0.115. The van der Waals surface area contributed by atoms with Crippen LogP contribution < -0.4 is 24.8 Å². The third kappa shape index (κ3) is 5.07. The van der Waals surface area contributed by atoms with E-state index in [2.05, 4.69) is 5.10 Å². The van der Waals surface area contributed by atoms with Crippen LogP contribution in [0.25, 0.3) is 0 Å². The van der Waals surface area contributed by atoms with E-state index < -0.39 is 17.5 Å². The van der Waals surface area contributed by atoms with Crippen LogP contribution >= 0.6 is 11.6 Å². The molecule has 4 rings (SSSR count). The van der Waals surface area contributed by atoms with E-state index in [4.69, 9.17) is 36.4 Å². The molecule has 0 fully saturated rings. The van der Waals surface area contributed by atoms with Crippen molar-refractivity contribution in [1.82, 2.24) is 0 Å². The molecule has 0 bridgehead atoms. The van der Waals surface area contributed by atoms with E-state index in [0.29, 0.717) is 39.1 Å². The largest absolute Gasteiger partial charge is 0.497 e. The molecule has 3 aromatic rings. The number of hydrogen-bond acceptors (Lipinski definition) is 8. The lowest BCUT2D eigenvalue weighted by Gasteiger charge is -2.20. The van der Waals surface area contributed by atoms with E-state index in [1.54, 1.807) is 54.6 Å². The fraction of sp³-hybridized carbons (Fsp3) is 0.192. The Morgan fingerprint density at radius 3 is 2.43 bits per heavy atom. The average Bonchev–Trinajstić information content (AvgIpc) is 3.36. The van der Waals surface area contributed by atoms with E-state index in [-0.39, 0.29) is 24.5 Å². The molecule has 9 heteroatoms. The third-order valence-electron chi connectivity index (χ3n) is 5.70. The molecule has 1 atom stereocenters. The number of methoxy groups -OCH3 is 2.